The molecule has 1 heteroatoms. The Kier molecular flexibility index (Phi) is 2.41. The standard InChI is InChI=1S/C11H17N/c1-7-6-11(12-5)10(4)9(3)8(7)2/h6,12H,1-5H3. The van der Waals surface area contributed by atoms with Gasteiger partial charge in [-0.3, -0.25) is 0 Å². The first-order chi connectivity index (χ1) is 5.57. The molecule has 0 amide bonds. The van der Waals surface area contributed by atoms with E-state index in [0.29, 0.717) is 0 Å². The Morgan fingerprint density at radius 2 is 1.50 bits per heavy atom. The van der Waals surface area contributed by atoms with Crippen molar-refractivity contribution in [1.82, 2.24) is 0 Å². The largest absolute Gasteiger partial charge is 0.388 e. The molecule has 0 spiro atoms. The van der Waals surface area contributed by atoms with E-state index in [1.807, 2.05) is 7.05 Å². The first-order valence-corrected chi connectivity index (χ1v) is 4.33. The minimum Gasteiger partial charge on any atom is -0.388 e. The van der Waals surface area contributed by atoms with Gasteiger partial charge in [0.05, 0.1) is 0 Å². The zero-order valence-electron chi connectivity index (χ0n) is 8.58. The molecule has 0 saturated carbocycles. The van der Waals surface area contributed by atoms with Crippen molar-refractivity contribution < 1.29 is 0 Å². The van der Waals surface area contributed by atoms with E-state index in [1.165, 1.54) is 27.9 Å². The Morgan fingerprint density at radius 1 is 0.917 bits per heavy atom. The molecule has 1 N–H and O–H groups in total. The smallest absolute Gasteiger partial charge is 0.0372 e. The molecule has 12 heavy (non-hydrogen) atoms. The van der Waals surface area contributed by atoms with Crippen LogP contribution in [0.25, 0.3) is 0 Å². The van der Waals surface area contributed by atoms with Crippen molar-refractivity contribution in [3.05, 3.63) is 28.3 Å². The molecular formula is C11H17N. The number of aryl methyl sites for hydroxylation is 1. The molecule has 0 bridgehead atoms. The number of benzene rings is 1. The number of hydrogen-bond acceptors (Lipinski definition) is 1. The van der Waals surface area contributed by atoms with Crippen molar-refractivity contribution in [2.24, 2.45) is 0 Å². The molecular weight excluding hydrogens is 146 g/mol. The molecule has 0 saturated heterocycles. The number of hydrogen-bond donors (Lipinski definition) is 1. The monoisotopic (exact) mass is 163 g/mol. The van der Waals surface area contributed by atoms with Crippen molar-refractivity contribution in [2.75, 3.05) is 12.4 Å². The van der Waals surface area contributed by atoms with Gasteiger partial charge in [0.15, 0.2) is 0 Å². The highest BCUT2D eigenvalue weighted by Gasteiger charge is 2.04. The summed E-state index contributed by atoms with van der Waals surface area (Å²) >= 11 is 0. The molecule has 0 aliphatic heterocycles. The number of anilines is 1. The highest BCUT2D eigenvalue weighted by molar-refractivity contribution is 5.58. The maximum Gasteiger partial charge on any atom is 0.0372 e. The van der Waals surface area contributed by atoms with Crippen molar-refractivity contribution in [3.8, 4) is 0 Å². The summed E-state index contributed by atoms with van der Waals surface area (Å²) in [6.45, 7) is 8.67. The minimum atomic E-state index is 1.25. The molecule has 1 aromatic rings. The number of rotatable bonds is 1. The Hall–Kier alpha value is -0.980. The van der Waals surface area contributed by atoms with Crippen LogP contribution in [0.2, 0.25) is 0 Å². The summed E-state index contributed by atoms with van der Waals surface area (Å²) in [7, 11) is 1.97. The summed E-state index contributed by atoms with van der Waals surface area (Å²) in [6.07, 6.45) is 0. The van der Waals surface area contributed by atoms with Crippen molar-refractivity contribution in [3.63, 3.8) is 0 Å². The zero-order chi connectivity index (χ0) is 9.30. The topological polar surface area (TPSA) is 12.0 Å². The van der Waals surface area contributed by atoms with Crippen LogP contribution in [-0.4, -0.2) is 7.05 Å². The van der Waals surface area contributed by atoms with E-state index in [2.05, 4.69) is 39.1 Å². The molecule has 0 fully saturated rings. The van der Waals surface area contributed by atoms with Crippen molar-refractivity contribution in [1.29, 1.82) is 0 Å². The van der Waals surface area contributed by atoms with E-state index < -0.39 is 0 Å². The minimum absolute atomic E-state index is 1.25. The van der Waals surface area contributed by atoms with Crippen molar-refractivity contribution in [2.45, 2.75) is 27.7 Å². The molecule has 0 heterocycles. The van der Waals surface area contributed by atoms with Crippen LogP contribution in [0.15, 0.2) is 6.07 Å². The lowest BCUT2D eigenvalue weighted by molar-refractivity contribution is 1.21. The van der Waals surface area contributed by atoms with Gasteiger partial charge in [-0.2, -0.15) is 0 Å². The Bertz CT molecular complexity index is 300. The first kappa shape index (κ1) is 9.11. The van der Waals surface area contributed by atoms with Gasteiger partial charge < -0.3 is 5.32 Å². The normalized spacial score (nSPS) is 10.1. The SMILES string of the molecule is CNc1cc(C)c(C)c(C)c1C. The predicted octanol–water partition coefficient (Wildman–Crippen LogP) is 2.96. The van der Waals surface area contributed by atoms with Gasteiger partial charge in [-0.1, -0.05) is 0 Å². The number of nitrogens with one attached hydrogen (secondary N) is 1. The van der Waals surface area contributed by atoms with Crippen LogP contribution in [-0.2, 0) is 0 Å². The third-order valence-electron chi connectivity index (χ3n) is 2.75. The van der Waals surface area contributed by atoms with E-state index in [-0.39, 0.29) is 0 Å². The Balaban J connectivity index is 3.39. The van der Waals surface area contributed by atoms with E-state index >= 15 is 0 Å². The highest BCUT2D eigenvalue weighted by atomic mass is 14.8. The van der Waals surface area contributed by atoms with Crippen LogP contribution in [0.4, 0.5) is 5.69 Å². The Labute approximate surface area is 74.8 Å². The fourth-order valence-electron chi connectivity index (χ4n) is 1.47. The lowest BCUT2D eigenvalue weighted by Gasteiger charge is -2.13. The van der Waals surface area contributed by atoms with Crippen LogP contribution >= 0.6 is 0 Å². The average Bonchev–Trinajstić information content (AvgIpc) is 2.08. The maximum atomic E-state index is 3.20. The summed E-state index contributed by atoms with van der Waals surface area (Å²) in [5.74, 6) is 0. The molecule has 1 rings (SSSR count). The second kappa shape index (κ2) is 3.18. The summed E-state index contributed by atoms with van der Waals surface area (Å²) < 4.78 is 0. The molecule has 66 valence electrons. The van der Waals surface area contributed by atoms with Gasteiger partial charge in [0.2, 0.25) is 0 Å². The lowest BCUT2D eigenvalue weighted by Crippen LogP contribution is -1.97. The highest BCUT2D eigenvalue weighted by Crippen LogP contribution is 2.24. The Morgan fingerprint density at radius 3 is 2.00 bits per heavy atom. The summed E-state index contributed by atoms with van der Waals surface area (Å²) in [5.41, 5.74) is 6.78. The fraction of sp³-hybridized carbons (Fsp3) is 0.455. The summed E-state index contributed by atoms with van der Waals surface area (Å²) in [5, 5.41) is 3.20. The third-order valence-corrected chi connectivity index (χ3v) is 2.75. The van der Waals surface area contributed by atoms with Crippen LogP contribution < -0.4 is 5.32 Å². The lowest BCUT2D eigenvalue weighted by atomic mass is 9.98. The van der Waals surface area contributed by atoms with E-state index in [4.69, 9.17) is 0 Å². The van der Waals surface area contributed by atoms with Crippen LogP contribution in [0.1, 0.15) is 22.3 Å². The van der Waals surface area contributed by atoms with E-state index in [0.717, 1.165) is 0 Å². The summed E-state index contributed by atoms with van der Waals surface area (Å²) in [4.78, 5) is 0. The molecule has 0 unspecified atom stereocenters. The van der Waals surface area contributed by atoms with Gasteiger partial charge in [-0.05, 0) is 56.0 Å². The van der Waals surface area contributed by atoms with Gasteiger partial charge in [0.25, 0.3) is 0 Å². The van der Waals surface area contributed by atoms with Gasteiger partial charge >= 0.3 is 0 Å². The van der Waals surface area contributed by atoms with Gasteiger partial charge in [-0.25, -0.2) is 0 Å². The second-order valence-corrected chi connectivity index (χ2v) is 3.37. The maximum absolute atomic E-state index is 3.20. The van der Waals surface area contributed by atoms with Gasteiger partial charge in [-0.15, -0.1) is 0 Å². The molecule has 0 aromatic heterocycles. The second-order valence-electron chi connectivity index (χ2n) is 3.37. The molecule has 1 nitrogen and oxygen atoms in total. The van der Waals surface area contributed by atoms with Crippen molar-refractivity contribution >= 4 is 5.69 Å². The van der Waals surface area contributed by atoms with Crippen LogP contribution in [0.5, 0.6) is 0 Å². The molecule has 0 radical (unpaired) electrons. The van der Waals surface area contributed by atoms with Gasteiger partial charge in [0, 0.05) is 12.7 Å². The third kappa shape index (κ3) is 1.31. The average molecular weight is 163 g/mol. The van der Waals surface area contributed by atoms with Crippen LogP contribution in [0, 0.1) is 27.7 Å². The summed E-state index contributed by atoms with van der Waals surface area (Å²) in [6, 6.07) is 2.21. The van der Waals surface area contributed by atoms with Gasteiger partial charge in [0.1, 0.15) is 0 Å². The fourth-order valence-corrected chi connectivity index (χ4v) is 1.47. The predicted molar refractivity (Wildman–Crippen MR) is 54.9 cm³/mol. The zero-order valence-corrected chi connectivity index (χ0v) is 8.58. The van der Waals surface area contributed by atoms with E-state index in [1.54, 1.807) is 0 Å². The molecule has 0 atom stereocenters. The molecule has 1 aromatic carbocycles. The molecule has 0 aliphatic rings. The first-order valence-electron chi connectivity index (χ1n) is 4.33. The van der Waals surface area contributed by atoms with E-state index in [9.17, 15) is 0 Å². The molecule has 0 aliphatic carbocycles. The van der Waals surface area contributed by atoms with Crippen LogP contribution in [0.3, 0.4) is 0 Å². The quantitative estimate of drug-likeness (QED) is 0.671.